The average molecular weight is 405 g/mol. The molecular formula is C19H14Cl2N2O2S. The van der Waals surface area contributed by atoms with Gasteiger partial charge in [-0.1, -0.05) is 60.1 Å². The number of halogens is 2. The van der Waals surface area contributed by atoms with Gasteiger partial charge >= 0.3 is 0 Å². The molecule has 0 unspecified atom stereocenters. The Kier molecular flexibility index (Phi) is 6.04. The maximum absolute atomic E-state index is 12.3. The van der Waals surface area contributed by atoms with E-state index >= 15 is 0 Å². The van der Waals surface area contributed by atoms with Crippen molar-refractivity contribution in [2.24, 2.45) is 4.99 Å². The Bertz CT molecular complexity index is 926. The second-order valence-electron chi connectivity index (χ2n) is 5.19. The zero-order chi connectivity index (χ0) is 18.5. The molecule has 26 heavy (non-hydrogen) atoms. The molecule has 4 nitrogen and oxygen atoms in total. The number of amidine groups is 1. The Morgan fingerprint density at radius 1 is 1.19 bits per heavy atom. The molecule has 1 saturated heterocycles. The largest absolute Gasteiger partial charge is 0.489 e. The Morgan fingerprint density at radius 2 is 2.00 bits per heavy atom. The number of rotatable bonds is 5. The van der Waals surface area contributed by atoms with Crippen LogP contribution in [-0.4, -0.2) is 17.7 Å². The highest BCUT2D eigenvalue weighted by molar-refractivity contribution is 8.18. The van der Waals surface area contributed by atoms with Gasteiger partial charge in [-0.3, -0.25) is 4.79 Å². The van der Waals surface area contributed by atoms with E-state index < -0.39 is 0 Å². The molecule has 1 aliphatic heterocycles. The summed E-state index contributed by atoms with van der Waals surface area (Å²) in [5.74, 6) is 0.446. The Morgan fingerprint density at radius 3 is 2.81 bits per heavy atom. The van der Waals surface area contributed by atoms with Crippen LogP contribution < -0.4 is 10.1 Å². The van der Waals surface area contributed by atoms with Crippen LogP contribution in [0.25, 0.3) is 6.08 Å². The predicted octanol–water partition coefficient (Wildman–Crippen LogP) is 5.45. The van der Waals surface area contributed by atoms with Gasteiger partial charge < -0.3 is 10.1 Å². The van der Waals surface area contributed by atoms with E-state index in [4.69, 9.17) is 27.9 Å². The van der Waals surface area contributed by atoms with Crippen LogP contribution in [0.5, 0.6) is 5.75 Å². The van der Waals surface area contributed by atoms with E-state index in [9.17, 15) is 4.79 Å². The van der Waals surface area contributed by atoms with Crippen LogP contribution in [0.2, 0.25) is 10.0 Å². The number of thioether (sulfide) groups is 1. The van der Waals surface area contributed by atoms with Crippen molar-refractivity contribution in [1.82, 2.24) is 5.32 Å². The quantitative estimate of drug-likeness (QED) is 0.532. The normalized spacial score (nSPS) is 16.8. The van der Waals surface area contributed by atoms with Gasteiger partial charge in [-0.15, -0.1) is 0 Å². The lowest BCUT2D eigenvalue weighted by Gasteiger charge is -2.06. The number of aliphatic imine (C=N–C) groups is 1. The summed E-state index contributed by atoms with van der Waals surface area (Å²) in [7, 11) is 0. The summed E-state index contributed by atoms with van der Waals surface area (Å²) in [4.78, 5) is 17.1. The summed E-state index contributed by atoms with van der Waals surface area (Å²) < 4.78 is 5.62. The molecule has 2 aromatic carbocycles. The zero-order valence-electron chi connectivity index (χ0n) is 13.5. The molecule has 0 spiro atoms. The molecule has 1 aliphatic rings. The first-order chi connectivity index (χ1) is 12.6. The number of benzene rings is 2. The lowest BCUT2D eigenvalue weighted by Crippen LogP contribution is -2.19. The van der Waals surface area contributed by atoms with Crippen LogP contribution in [-0.2, 0) is 4.79 Å². The molecule has 0 aliphatic carbocycles. The predicted molar refractivity (Wildman–Crippen MR) is 109 cm³/mol. The number of carbonyl (C=O) groups is 1. The smallest absolute Gasteiger partial charge is 0.264 e. The second-order valence-corrected chi connectivity index (χ2v) is 7.01. The van der Waals surface area contributed by atoms with E-state index in [0.29, 0.717) is 38.2 Å². The number of ether oxygens (including phenoxy) is 1. The fraction of sp³-hybridized carbons (Fsp3) is 0.0526. The zero-order valence-corrected chi connectivity index (χ0v) is 15.9. The first-order valence-electron chi connectivity index (χ1n) is 7.65. The van der Waals surface area contributed by atoms with Crippen LogP contribution in [0.15, 0.2) is 65.0 Å². The third kappa shape index (κ3) is 4.30. The van der Waals surface area contributed by atoms with Gasteiger partial charge in [-0.05, 0) is 36.0 Å². The summed E-state index contributed by atoms with van der Waals surface area (Å²) in [6.45, 7) is 4.03. The fourth-order valence-electron chi connectivity index (χ4n) is 2.19. The summed E-state index contributed by atoms with van der Waals surface area (Å²) in [5.41, 5.74) is 1.30. The number of para-hydroxylation sites is 1. The fourth-order valence-corrected chi connectivity index (χ4v) is 3.35. The number of carbonyl (C=O) groups excluding carboxylic acids is 1. The number of hydrogen-bond donors (Lipinski definition) is 1. The molecule has 0 saturated carbocycles. The standard InChI is InChI=1S/C19H14Cl2N2O2S/c1-2-10-25-15-9-4-3-6-12(15)11-16-18(24)23-19(26-16)22-14-8-5-7-13(20)17(14)21/h2-9,11H,1,10H2,(H,22,23,24). The number of nitrogens with zero attached hydrogens (tertiary/aromatic N) is 1. The molecule has 1 fully saturated rings. The van der Waals surface area contributed by atoms with Crippen molar-refractivity contribution in [3.63, 3.8) is 0 Å². The van der Waals surface area contributed by atoms with Gasteiger partial charge in [0.15, 0.2) is 5.17 Å². The number of nitrogens with one attached hydrogen (secondary N) is 1. The molecule has 2 aromatic rings. The maximum Gasteiger partial charge on any atom is 0.264 e. The van der Waals surface area contributed by atoms with Crippen LogP contribution in [0.1, 0.15) is 5.56 Å². The topological polar surface area (TPSA) is 50.7 Å². The van der Waals surface area contributed by atoms with Gasteiger partial charge in [0.25, 0.3) is 5.91 Å². The molecule has 1 N–H and O–H groups in total. The summed E-state index contributed by atoms with van der Waals surface area (Å²) >= 11 is 13.4. The monoisotopic (exact) mass is 404 g/mol. The van der Waals surface area contributed by atoms with Crippen molar-refractivity contribution >= 4 is 57.8 Å². The van der Waals surface area contributed by atoms with Crippen LogP contribution >= 0.6 is 35.0 Å². The second kappa shape index (κ2) is 8.45. The van der Waals surface area contributed by atoms with E-state index in [1.165, 1.54) is 11.8 Å². The minimum atomic E-state index is -0.231. The highest BCUT2D eigenvalue weighted by Crippen LogP contribution is 2.35. The average Bonchev–Trinajstić information content (AvgIpc) is 2.97. The van der Waals surface area contributed by atoms with Gasteiger partial charge in [-0.25, -0.2) is 4.99 Å². The molecule has 1 amide bonds. The van der Waals surface area contributed by atoms with Crippen molar-refractivity contribution in [3.8, 4) is 5.75 Å². The molecule has 3 rings (SSSR count). The van der Waals surface area contributed by atoms with Gasteiger partial charge in [0.05, 0.1) is 20.6 Å². The minimum Gasteiger partial charge on any atom is -0.489 e. The molecule has 132 valence electrons. The van der Waals surface area contributed by atoms with E-state index in [1.54, 1.807) is 30.4 Å². The highest BCUT2D eigenvalue weighted by Gasteiger charge is 2.24. The third-order valence-corrected chi connectivity index (χ3v) is 5.09. The van der Waals surface area contributed by atoms with Gasteiger partial charge in [0.1, 0.15) is 12.4 Å². The van der Waals surface area contributed by atoms with Gasteiger partial charge in [0, 0.05) is 5.56 Å². The molecule has 7 heteroatoms. The molecule has 0 atom stereocenters. The van der Waals surface area contributed by atoms with Crippen LogP contribution in [0.4, 0.5) is 5.69 Å². The van der Waals surface area contributed by atoms with Crippen molar-refractivity contribution in [2.75, 3.05) is 6.61 Å². The van der Waals surface area contributed by atoms with Crippen molar-refractivity contribution < 1.29 is 9.53 Å². The van der Waals surface area contributed by atoms with Crippen molar-refractivity contribution in [3.05, 3.63) is 75.6 Å². The Labute approximate surface area is 165 Å². The SMILES string of the molecule is C=CCOc1ccccc1C=C1SC(=Nc2cccc(Cl)c2Cl)NC1=O. The number of amides is 1. The molecular weight excluding hydrogens is 391 g/mol. The summed E-state index contributed by atoms with van der Waals surface area (Å²) in [6, 6.07) is 12.6. The number of hydrogen-bond acceptors (Lipinski definition) is 4. The van der Waals surface area contributed by atoms with E-state index in [1.807, 2.05) is 24.3 Å². The van der Waals surface area contributed by atoms with Crippen LogP contribution in [0.3, 0.4) is 0 Å². The summed E-state index contributed by atoms with van der Waals surface area (Å²) in [5, 5.41) is 3.92. The molecule has 1 heterocycles. The first kappa shape index (κ1) is 18.6. The molecule has 0 aromatic heterocycles. The van der Waals surface area contributed by atoms with E-state index in [2.05, 4.69) is 16.9 Å². The highest BCUT2D eigenvalue weighted by atomic mass is 35.5. The summed E-state index contributed by atoms with van der Waals surface area (Å²) in [6.07, 6.45) is 3.43. The maximum atomic E-state index is 12.3. The van der Waals surface area contributed by atoms with Gasteiger partial charge in [0.2, 0.25) is 0 Å². The third-order valence-electron chi connectivity index (χ3n) is 3.37. The first-order valence-corrected chi connectivity index (χ1v) is 9.22. The Hall–Kier alpha value is -2.21. The van der Waals surface area contributed by atoms with E-state index in [-0.39, 0.29) is 5.91 Å². The van der Waals surface area contributed by atoms with Crippen LogP contribution in [0, 0.1) is 0 Å². The van der Waals surface area contributed by atoms with Gasteiger partial charge in [-0.2, -0.15) is 0 Å². The van der Waals surface area contributed by atoms with Crippen molar-refractivity contribution in [1.29, 1.82) is 0 Å². The lowest BCUT2D eigenvalue weighted by molar-refractivity contribution is -0.115. The molecule has 0 bridgehead atoms. The van der Waals surface area contributed by atoms with E-state index in [0.717, 1.165) is 5.56 Å². The minimum absolute atomic E-state index is 0.231. The molecule has 0 radical (unpaired) electrons. The Balaban J connectivity index is 1.86. The van der Waals surface area contributed by atoms with Crippen molar-refractivity contribution in [2.45, 2.75) is 0 Å². The lowest BCUT2D eigenvalue weighted by atomic mass is 10.2.